The molecule has 1 N–H and O–H groups in total. The zero-order valence-corrected chi connectivity index (χ0v) is 14.4. The van der Waals surface area contributed by atoms with E-state index in [4.69, 9.17) is 4.74 Å². The molecule has 2 rings (SSSR count). The van der Waals surface area contributed by atoms with E-state index in [1.807, 2.05) is 58.3 Å². The van der Waals surface area contributed by atoms with Gasteiger partial charge >= 0.3 is 0 Å². The summed E-state index contributed by atoms with van der Waals surface area (Å²) in [7, 11) is 1.96. The molecule has 1 heterocycles. The summed E-state index contributed by atoms with van der Waals surface area (Å²) in [5.74, 6) is 0.900. The Kier molecular flexibility index (Phi) is 8.23. The average molecular weight is 300 g/mol. The van der Waals surface area contributed by atoms with Gasteiger partial charge in [0.25, 0.3) is 0 Å². The summed E-state index contributed by atoms with van der Waals surface area (Å²) in [5, 5.41) is 3.19. The van der Waals surface area contributed by atoms with Crippen molar-refractivity contribution >= 4 is 0 Å². The van der Waals surface area contributed by atoms with Crippen LogP contribution in [0.15, 0.2) is 42.6 Å². The smallest absolute Gasteiger partial charge is 0.144 e. The van der Waals surface area contributed by atoms with Crippen LogP contribution in [0.1, 0.15) is 43.2 Å². The molecular formula is C19H28N2O. The van der Waals surface area contributed by atoms with Gasteiger partial charge in [0.2, 0.25) is 0 Å². The molecule has 22 heavy (non-hydrogen) atoms. The minimum Gasteiger partial charge on any atom is -0.484 e. The fourth-order valence-corrected chi connectivity index (χ4v) is 2.24. The average Bonchev–Trinajstić information content (AvgIpc) is 2.56. The van der Waals surface area contributed by atoms with Crippen molar-refractivity contribution in [3.05, 3.63) is 59.4 Å². The van der Waals surface area contributed by atoms with Crippen LogP contribution in [0.2, 0.25) is 0 Å². The lowest BCUT2D eigenvalue weighted by Crippen LogP contribution is -2.17. The number of aromatic nitrogens is 1. The number of aryl methyl sites for hydroxylation is 2. The maximum atomic E-state index is 6.26. The molecule has 0 aliphatic carbocycles. The summed E-state index contributed by atoms with van der Waals surface area (Å²) in [6.07, 6.45) is 2.79. The van der Waals surface area contributed by atoms with E-state index >= 15 is 0 Å². The van der Waals surface area contributed by atoms with Crippen molar-refractivity contribution in [1.82, 2.24) is 10.3 Å². The molecule has 3 nitrogen and oxygen atoms in total. The third-order valence-corrected chi connectivity index (χ3v) is 3.37. The highest BCUT2D eigenvalue weighted by molar-refractivity contribution is 5.36. The van der Waals surface area contributed by atoms with Crippen LogP contribution >= 0.6 is 0 Å². The summed E-state index contributed by atoms with van der Waals surface area (Å²) in [4.78, 5) is 4.33. The lowest BCUT2D eigenvalue weighted by atomic mass is 10.1. The van der Waals surface area contributed by atoms with Crippen LogP contribution in [-0.2, 0) is 0 Å². The lowest BCUT2D eigenvalue weighted by molar-refractivity contribution is 0.191. The number of hydrogen-bond acceptors (Lipinski definition) is 3. The van der Waals surface area contributed by atoms with Crippen LogP contribution < -0.4 is 10.1 Å². The number of nitrogens with one attached hydrogen (secondary N) is 1. The largest absolute Gasteiger partial charge is 0.484 e. The molecule has 0 saturated heterocycles. The number of hydrogen-bond donors (Lipinski definition) is 1. The molecule has 0 fully saturated rings. The van der Waals surface area contributed by atoms with Crippen LogP contribution in [0, 0.1) is 13.8 Å². The molecule has 0 radical (unpaired) electrons. The molecule has 0 amide bonds. The molecule has 1 aromatic carbocycles. The normalized spacial score (nSPS) is 11.3. The van der Waals surface area contributed by atoms with Gasteiger partial charge in [0.15, 0.2) is 0 Å². The van der Waals surface area contributed by atoms with Gasteiger partial charge in [0, 0.05) is 12.6 Å². The van der Waals surface area contributed by atoms with E-state index in [1.165, 1.54) is 5.56 Å². The van der Waals surface area contributed by atoms with Crippen molar-refractivity contribution in [2.45, 2.75) is 40.2 Å². The summed E-state index contributed by atoms with van der Waals surface area (Å²) >= 11 is 0. The quantitative estimate of drug-likeness (QED) is 0.855. The first-order valence-corrected chi connectivity index (χ1v) is 8.00. The fourth-order valence-electron chi connectivity index (χ4n) is 2.24. The minimum absolute atomic E-state index is 0.0465. The van der Waals surface area contributed by atoms with Gasteiger partial charge in [0.1, 0.15) is 11.9 Å². The van der Waals surface area contributed by atoms with Gasteiger partial charge in [-0.1, -0.05) is 44.2 Å². The van der Waals surface area contributed by atoms with E-state index in [9.17, 15) is 0 Å². The molecule has 0 aliphatic rings. The molecule has 1 aromatic heterocycles. The van der Waals surface area contributed by atoms with E-state index in [2.05, 4.69) is 29.4 Å². The maximum Gasteiger partial charge on any atom is 0.144 e. The van der Waals surface area contributed by atoms with Gasteiger partial charge < -0.3 is 10.1 Å². The summed E-state index contributed by atoms with van der Waals surface area (Å²) in [6.45, 7) is 8.96. The molecular weight excluding hydrogens is 272 g/mol. The molecule has 0 spiro atoms. The van der Waals surface area contributed by atoms with Crippen LogP contribution in [0.5, 0.6) is 5.75 Å². The van der Waals surface area contributed by atoms with Crippen LogP contribution in [0.4, 0.5) is 0 Å². The van der Waals surface area contributed by atoms with E-state index < -0.39 is 0 Å². The molecule has 3 heteroatoms. The van der Waals surface area contributed by atoms with Crippen molar-refractivity contribution < 1.29 is 4.74 Å². The van der Waals surface area contributed by atoms with E-state index in [-0.39, 0.29) is 6.10 Å². The third kappa shape index (κ3) is 5.15. The molecule has 1 unspecified atom stereocenters. The first kappa shape index (κ1) is 18.2. The van der Waals surface area contributed by atoms with Crippen molar-refractivity contribution in [2.75, 3.05) is 13.6 Å². The van der Waals surface area contributed by atoms with Gasteiger partial charge in [-0.3, -0.25) is 4.98 Å². The number of rotatable bonds is 6. The van der Waals surface area contributed by atoms with Gasteiger partial charge in [-0.2, -0.15) is 0 Å². The van der Waals surface area contributed by atoms with Crippen molar-refractivity contribution in [3.63, 3.8) is 0 Å². The second-order valence-electron chi connectivity index (χ2n) is 4.95. The second-order valence-corrected chi connectivity index (χ2v) is 4.95. The van der Waals surface area contributed by atoms with Crippen molar-refractivity contribution in [3.8, 4) is 5.75 Å². The highest BCUT2D eigenvalue weighted by Crippen LogP contribution is 2.28. The Bertz CT molecular complexity index is 520. The van der Waals surface area contributed by atoms with Crippen LogP contribution in [0.25, 0.3) is 0 Å². The van der Waals surface area contributed by atoms with Crippen LogP contribution in [0.3, 0.4) is 0 Å². The summed E-state index contributed by atoms with van der Waals surface area (Å²) in [5.41, 5.74) is 3.27. The number of benzene rings is 1. The first-order chi connectivity index (χ1) is 10.7. The third-order valence-electron chi connectivity index (χ3n) is 3.37. The van der Waals surface area contributed by atoms with Gasteiger partial charge in [-0.15, -0.1) is 0 Å². The Labute approximate surface area is 134 Å². The first-order valence-electron chi connectivity index (χ1n) is 8.00. The van der Waals surface area contributed by atoms with Crippen molar-refractivity contribution in [1.29, 1.82) is 0 Å². The molecule has 2 aromatic rings. The predicted molar refractivity (Wildman–Crippen MR) is 93.4 cm³/mol. The Balaban J connectivity index is 0.00000116. The van der Waals surface area contributed by atoms with Gasteiger partial charge in [0.05, 0.1) is 5.69 Å². The summed E-state index contributed by atoms with van der Waals surface area (Å²) in [6, 6.07) is 12.3. The Morgan fingerprint density at radius 3 is 2.36 bits per heavy atom. The van der Waals surface area contributed by atoms with E-state index in [1.54, 1.807) is 0 Å². The zero-order valence-electron chi connectivity index (χ0n) is 14.4. The van der Waals surface area contributed by atoms with E-state index in [0.717, 1.165) is 30.0 Å². The maximum absolute atomic E-state index is 6.26. The SMILES string of the molecule is CC.CNCCC(Oc1c(C)ccnc1C)c1ccccc1. The monoisotopic (exact) mass is 300 g/mol. The molecule has 0 bridgehead atoms. The Morgan fingerprint density at radius 2 is 1.77 bits per heavy atom. The highest BCUT2D eigenvalue weighted by Gasteiger charge is 2.15. The Hall–Kier alpha value is -1.87. The zero-order chi connectivity index (χ0) is 16.4. The highest BCUT2D eigenvalue weighted by atomic mass is 16.5. The minimum atomic E-state index is 0.0465. The standard InChI is InChI=1S/C17H22N2O.C2H6/c1-13-9-12-19-14(2)17(13)20-16(10-11-18-3)15-7-5-4-6-8-15;1-2/h4-9,12,16,18H,10-11H2,1-3H3;1-2H3. The second kappa shape index (κ2) is 9.96. The molecule has 120 valence electrons. The Morgan fingerprint density at radius 1 is 1.09 bits per heavy atom. The topological polar surface area (TPSA) is 34.1 Å². The van der Waals surface area contributed by atoms with E-state index in [0.29, 0.717) is 0 Å². The van der Waals surface area contributed by atoms with Gasteiger partial charge in [-0.05, 0) is 44.6 Å². The van der Waals surface area contributed by atoms with Crippen molar-refractivity contribution in [2.24, 2.45) is 0 Å². The summed E-state index contributed by atoms with van der Waals surface area (Å²) < 4.78 is 6.26. The molecule has 0 saturated carbocycles. The van der Waals surface area contributed by atoms with Crippen LogP contribution in [-0.4, -0.2) is 18.6 Å². The van der Waals surface area contributed by atoms with Gasteiger partial charge in [-0.25, -0.2) is 0 Å². The number of ether oxygens (including phenoxy) is 1. The fraction of sp³-hybridized carbons (Fsp3) is 0.421. The molecule has 1 atom stereocenters. The lowest BCUT2D eigenvalue weighted by Gasteiger charge is -2.21. The number of pyridine rings is 1. The predicted octanol–water partition coefficient (Wildman–Crippen LogP) is 4.45. The molecule has 0 aliphatic heterocycles. The number of nitrogens with zero attached hydrogens (tertiary/aromatic N) is 1.